The summed E-state index contributed by atoms with van der Waals surface area (Å²) in [4.78, 5) is 14.9. The predicted molar refractivity (Wildman–Crippen MR) is 45.7 cm³/mol. The molecule has 70 valence electrons. The van der Waals surface area contributed by atoms with Gasteiger partial charge in [0.1, 0.15) is 0 Å². The summed E-state index contributed by atoms with van der Waals surface area (Å²) < 4.78 is 9.28. The van der Waals surface area contributed by atoms with Crippen LogP contribution in [-0.4, -0.2) is 16.1 Å². The number of carbonyl (C=O) groups is 1. The first-order chi connectivity index (χ1) is 6.86. The Balaban J connectivity index is 2.11. The summed E-state index contributed by atoms with van der Waals surface area (Å²) >= 11 is 0. The summed E-state index contributed by atoms with van der Waals surface area (Å²) in [7, 11) is 0. The zero-order chi connectivity index (χ0) is 9.80. The number of benzene rings is 1. The molecular weight excluding hydrogens is 184 g/mol. The molecule has 0 saturated carbocycles. The molecule has 1 aromatic heterocycles. The van der Waals surface area contributed by atoms with Crippen LogP contribution in [0.15, 0.2) is 41.2 Å². The third kappa shape index (κ3) is 1.77. The Labute approximate surface area is 79.3 Å². The minimum Gasteiger partial charge on any atom is -0.372 e. The van der Waals surface area contributed by atoms with Gasteiger partial charge in [-0.25, -0.2) is 4.79 Å². The quantitative estimate of drug-likeness (QED) is 0.667. The van der Waals surface area contributed by atoms with Crippen LogP contribution in [0.5, 0.6) is 6.08 Å². The van der Waals surface area contributed by atoms with E-state index in [4.69, 9.17) is 4.74 Å². The van der Waals surface area contributed by atoms with Gasteiger partial charge < -0.3 is 4.74 Å². The van der Waals surface area contributed by atoms with Crippen LogP contribution in [-0.2, 0) is 0 Å². The zero-order valence-corrected chi connectivity index (χ0v) is 7.08. The fourth-order valence-electron chi connectivity index (χ4n) is 0.920. The van der Waals surface area contributed by atoms with E-state index >= 15 is 0 Å². The highest BCUT2D eigenvalue weighted by Crippen LogP contribution is 2.06. The molecule has 0 atom stereocenters. The van der Waals surface area contributed by atoms with Crippen molar-refractivity contribution in [3.8, 4) is 6.08 Å². The monoisotopic (exact) mass is 190 g/mol. The van der Waals surface area contributed by atoms with E-state index in [1.54, 1.807) is 24.3 Å². The van der Waals surface area contributed by atoms with Crippen LogP contribution < -0.4 is 4.74 Å². The van der Waals surface area contributed by atoms with Gasteiger partial charge in [0, 0.05) is 0 Å². The highest BCUT2D eigenvalue weighted by molar-refractivity contribution is 5.90. The average Bonchev–Trinajstić information content (AvgIpc) is 2.72. The lowest BCUT2D eigenvalue weighted by Gasteiger charge is -1.97. The SMILES string of the molecule is O=C(Oc1ncno1)c1ccccc1. The molecule has 5 nitrogen and oxygen atoms in total. The van der Waals surface area contributed by atoms with Crippen LogP contribution >= 0.6 is 0 Å². The number of nitrogens with zero attached hydrogens (tertiary/aromatic N) is 2. The lowest BCUT2D eigenvalue weighted by atomic mass is 10.2. The minimum absolute atomic E-state index is 0.154. The summed E-state index contributed by atoms with van der Waals surface area (Å²) in [5.41, 5.74) is 0.436. The van der Waals surface area contributed by atoms with Crippen LogP contribution in [0.3, 0.4) is 0 Å². The number of ether oxygens (including phenoxy) is 1. The molecule has 0 aliphatic carbocycles. The van der Waals surface area contributed by atoms with Crippen LogP contribution in [0.25, 0.3) is 0 Å². The molecule has 1 heterocycles. The molecule has 0 saturated heterocycles. The highest BCUT2D eigenvalue weighted by atomic mass is 16.7. The maximum atomic E-state index is 11.4. The van der Waals surface area contributed by atoms with Gasteiger partial charge in [-0.15, -0.1) is 0 Å². The second-order valence-corrected chi connectivity index (χ2v) is 2.46. The van der Waals surface area contributed by atoms with Crippen molar-refractivity contribution in [2.24, 2.45) is 0 Å². The number of carbonyl (C=O) groups excluding carboxylic acids is 1. The molecule has 0 amide bonds. The van der Waals surface area contributed by atoms with Gasteiger partial charge in [-0.2, -0.15) is 4.98 Å². The van der Waals surface area contributed by atoms with Gasteiger partial charge in [0.05, 0.1) is 5.56 Å². The zero-order valence-electron chi connectivity index (χ0n) is 7.08. The minimum atomic E-state index is -0.519. The highest BCUT2D eigenvalue weighted by Gasteiger charge is 2.10. The summed E-state index contributed by atoms with van der Waals surface area (Å²) in [6, 6.07) is 8.57. The third-order valence-corrected chi connectivity index (χ3v) is 1.53. The van der Waals surface area contributed by atoms with Crippen molar-refractivity contribution < 1.29 is 14.1 Å². The molecular formula is C9H6N2O3. The van der Waals surface area contributed by atoms with Gasteiger partial charge in [-0.05, 0) is 12.1 Å². The fourth-order valence-corrected chi connectivity index (χ4v) is 0.920. The molecule has 14 heavy (non-hydrogen) atoms. The molecule has 0 aliphatic heterocycles. The van der Waals surface area contributed by atoms with Gasteiger partial charge in [-0.3, -0.25) is 4.52 Å². The van der Waals surface area contributed by atoms with E-state index < -0.39 is 5.97 Å². The molecule has 0 fully saturated rings. The molecule has 2 aromatic rings. The summed E-state index contributed by atoms with van der Waals surface area (Å²) in [5.74, 6) is -0.519. The Morgan fingerprint density at radius 2 is 2.07 bits per heavy atom. The molecule has 5 heteroatoms. The maximum Gasteiger partial charge on any atom is 0.425 e. The first-order valence-corrected chi connectivity index (χ1v) is 3.90. The van der Waals surface area contributed by atoms with Gasteiger partial charge in [0.2, 0.25) is 0 Å². The van der Waals surface area contributed by atoms with Crippen molar-refractivity contribution in [3.05, 3.63) is 42.2 Å². The number of hydrogen-bond donors (Lipinski definition) is 0. The lowest BCUT2D eigenvalue weighted by Crippen LogP contribution is -2.08. The van der Waals surface area contributed by atoms with E-state index in [-0.39, 0.29) is 6.08 Å². The Kier molecular flexibility index (Phi) is 2.22. The molecule has 0 unspecified atom stereocenters. The lowest BCUT2D eigenvalue weighted by molar-refractivity contribution is 0.0669. The molecule has 0 bridgehead atoms. The number of hydrogen-bond acceptors (Lipinski definition) is 5. The van der Waals surface area contributed by atoms with Crippen molar-refractivity contribution in [1.82, 2.24) is 10.1 Å². The number of aromatic nitrogens is 2. The fraction of sp³-hybridized carbons (Fsp3) is 0. The standard InChI is InChI=1S/C9H6N2O3/c12-8(7-4-2-1-3-5-7)13-9-10-6-11-14-9/h1-6H. The summed E-state index contributed by atoms with van der Waals surface area (Å²) in [6.45, 7) is 0. The number of esters is 1. The normalized spacial score (nSPS) is 9.71. The van der Waals surface area contributed by atoms with E-state index in [1.165, 1.54) is 0 Å². The third-order valence-electron chi connectivity index (χ3n) is 1.53. The van der Waals surface area contributed by atoms with Crippen molar-refractivity contribution in [2.75, 3.05) is 0 Å². The maximum absolute atomic E-state index is 11.4. The largest absolute Gasteiger partial charge is 0.425 e. The Hall–Kier alpha value is -2.17. The summed E-state index contributed by atoms with van der Waals surface area (Å²) in [5, 5.41) is 3.31. The Morgan fingerprint density at radius 1 is 1.29 bits per heavy atom. The van der Waals surface area contributed by atoms with E-state index in [0.717, 1.165) is 6.33 Å². The molecule has 1 aromatic carbocycles. The van der Waals surface area contributed by atoms with E-state index in [9.17, 15) is 4.79 Å². The van der Waals surface area contributed by atoms with Crippen LogP contribution in [0.4, 0.5) is 0 Å². The second kappa shape index (κ2) is 3.69. The van der Waals surface area contributed by atoms with Gasteiger partial charge in [0.15, 0.2) is 6.33 Å². The van der Waals surface area contributed by atoms with Crippen molar-refractivity contribution in [1.29, 1.82) is 0 Å². The van der Waals surface area contributed by atoms with Crippen molar-refractivity contribution >= 4 is 5.97 Å². The number of rotatable bonds is 2. The molecule has 0 N–H and O–H groups in total. The second-order valence-electron chi connectivity index (χ2n) is 2.46. The van der Waals surface area contributed by atoms with Crippen molar-refractivity contribution in [2.45, 2.75) is 0 Å². The Morgan fingerprint density at radius 3 is 2.71 bits per heavy atom. The molecule has 0 spiro atoms. The van der Waals surface area contributed by atoms with E-state index in [1.807, 2.05) is 6.07 Å². The van der Waals surface area contributed by atoms with Gasteiger partial charge in [-0.1, -0.05) is 23.4 Å². The first kappa shape index (κ1) is 8.43. The molecule has 0 aliphatic rings. The van der Waals surface area contributed by atoms with Crippen LogP contribution in [0.2, 0.25) is 0 Å². The van der Waals surface area contributed by atoms with Crippen LogP contribution in [0, 0.1) is 0 Å². The van der Waals surface area contributed by atoms with E-state index in [0.29, 0.717) is 5.56 Å². The Bertz CT molecular complexity index is 411. The topological polar surface area (TPSA) is 65.2 Å². The van der Waals surface area contributed by atoms with Gasteiger partial charge >= 0.3 is 12.0 Å². The molecule has 0 radical (unpaired) electrons. The summed E-state index contributed by atoms with van der Waals surface area (Å²) in [6.07, 6.45) is 1.01. The van der Waals surface area contributed by atoms with E-state index in [2.05, 4.69) is 14.7 Å². The van der Waals surface area contributed by atoms with Crippen molar-refractivity contribution in [3.63, 3.8) is 0 Å². The predicted octanol–water partition coefficient (Wildman–Crippen LogP) is 1.29. The van der Waals surface area contributed by atoms with Gasteiger partial charge in [0.25, 0.3) is 0 Å². The van der Waals surface area contributed by atoms with Crippen LogP contribution in [0.1, 0.15) is 10.4 Å². The molecule has 2 rings (SSSR count). The smallest absolute Gasteiger partial charge is 0.372 e. The average molecular weight is 190 g/mol. The first-order valence-electron chi connectivity index (χ1n) is 3.90.